The van der Waals surface area contributed by atoms with Crippen LogP contribution in [0.25, 0.3) is 0 Å². The Balaban J connectivity index is 2.27. The summed E-state index contributed by atoms with van der Waals surface area (Å²) >= 11 is 0. The highest BCUT2D eigenvalue weighted by atomic mass is 16.5. The molecular formula is C12H10O5. The molecule has 0 saturated heterocycles. The molecule has 0 atom stereocenters. The zero-order chi connectivity index (χ0) is 12.4. The molecule has 5 heteroatoms. The van der Waals surface area contributed by atoms with E-state index in [-0.39, 0.29) is 11.5 Å². The molecule has 0 heterocycles. The zero-order valence-electron chi connectivity index (χ0n) is 8.66. The molecule has 0 unspecified atom stereocenters. The Hall–Kier alpha value is -2.56. The number of benzene rings is 2. The van der Waals surface area contributed by atoms with E-state index in [2.05, 4.69) is 0 Å². The standard InChI is InChI=1S/C12H10O5/c13-7-1-3-8(4-2-7)17-9-5-10(14)12(16)11(15)6-9/h1-6,13-16H. The predicted octanol–water partition coefficient (Wildman–Crippen LogP) is 2.30. The summed E-state index contributed by atoms with van der Waals surface area (Å²) in [7, 11) is 0. The molecule has 0 bridgehead atoms. The third kappa shape index (κ3) is 2.34. The molecule has 4 N–H and O–H groups in total. The summed E-state index contributed by atoms with van der Waals surface area (Å²) in [6.45, 7) is 0. The topological polar surface area (TPSA) is 90.2 Å². The highest BCUT2D eigenvalue weighted by molar-refractivity contribution is 5.54. The second-order valence-electron chi connectivity index (χ2n) is 3.41. The molecule has 0 fully saturated rings. The lowest BCUT2D eigenvalue weighted by molar-refractivity contribution is 0.362. The summed E-state index contributed by atoms with van der Waals surface area (Å²) in [5.41, 5.74) is 0. The first-order chi connectivity index (χ1) is 8.06. The summed E-state index contributed by atoms with van der Waals surface area (Å²) in [6.07, 6.45) is 0. The number of hydrogen-bond acceptors (Lipinski definition) is 5. The van der Waals surface area contributed by atoms with Crippen molar-refractivity contribution >= 4 is 0 Å². The van der Waals surface area contributed by atoms with E-state index in [1.54, 1.807) is 0 Å². The van der Waals surface area contributed by atoms with Crippen LogP contribution >= 0.6 is 0 Å². The highest BCUT2D eigenvalue weighted by Crippen LogP contribution is 2.39. The maximum atomic E-state index is 9.27. The van der Waals surface area contributed by atoms with Gasteiger partial charge in [-0.15, -0.1) is 0 Å². The minimum absolute atomic E-state index is 0.105. The first-order valence-corrected chi connectivity index (χ1v) is 4.78. The lowest BCUT2D eigenvalue weighted by Gasteiger charge is -2.08. The molecule has 0 radical (unpaired) electrons. The smallest absolute Gasteiger partial charge is 0.200 e. The first-order valence-electron chi connectivity index (χ1n) is 4.78. The van der Waals surface area contributed by atoms with Gasteiger partial charge in [-0.1, -0.05) is 0 Å². The maximum absolute atomic E-state index is 9.27. The van der Waals surface area contributed by atoms with Crippen LogP contribution in [0.15, 0.2) is 36.4 Å². The van der Waals surface area contributed by atoms with Gasteiger partial charge in [-0.3, -0.25) is 0 Å². The largest absolute Gasteiger partial charge is 0.508 e. The second kappa shape index (κ2) is 4.13. The fraction of sp³-hybridized carbons (Fsp3) is 0. The Morgan fingerprint density at radius 2 is 1.24 bits per heavy atom. The van der Waals surface area contributed by atoms with Gasteiger partial charge in [0.15, 0.2) is 11.5 Å². The SMILES string of the molecule is Oc1ccc(Oc2cc(O)c(O)c(O)c2)cc1. The van der Waals surface area contributed by atoms with Crippen LogP contribution in [0.4, 0.5) is 0 Å². The average Bonchev–Trinajstić information content (AvgIpc) is 2.29. The van der Waals surface area contributed by atoms with Gasteiger partial charge in [-0.25, -0.2) is 0 Å². The minimum Gasteiger partial charge on any atom is -0.508 e. The highest BCUT2D eigenvalue weighted by Gasteiger charge is 2.09. The lowest BCUT2D eigenvalue weighted by atomic mass is 10.2. The Kier molecular flexibility index (Phi) is 2.66. The van der Waals surface area contributed by atoms with Crippen LogP contribution in [0.2, 0.25) is 0 Å². The molecular weight excluding hydrogens is 224 g/mol. The van der Waals surface area contributed by atoms with E-state index in [9.17, 15) is 10.2 Å². The molecule has 0 saturated carbocycles. The quantitative estimate of drug-likeness (QED) is 0.598. The van der Waals surface area contributed by atoms with Crippen LogP contribution in [0.5, 0.6) is 34.5 Å². The average molecular weight is 234 g/mol. The summed E-state index contributed by atoms with van der Waals surface area (Å²) in [4.78, 5) is 0. The number of rotatable bonds is 2. The molecule has 88 valence electrons. The van der Waals surface area contributed by atoms with Crippen LogP contribution in [0, 0.1) is 0 Å². The maximum Gasteiger partial charge on any atom is 0.200 e. The molecule has 2 aromatic carbocycles. The van der Waals surface area contributed by atoms with Crippen LogP contribution in [-0.2, 0) is 0 Å². The van der Waals surface area contributed by atoms with Gasteiger partial charge < -0.3 is 25.2 Å². The van der Waals surface area contributed by atoms with Gasteiger partial charge in [0.2, 0.25) is 5.75 Å². The number of phenolic OH excluding ortho intramolecular Hbond substituents is 4. The van der Waals surface area contributed by atoms with Crippen LogP contribution in [-0.4, -0.2) is 20.4 Å². The van der Waals surface area contributed by atoms with E-state index in [1.165, 1.54) is 36.4 Å². The Labute approximate surface area is 96.8 Å². The van der Waals surface area contributed by atoms with Crippen molar-refractivity contribution in [3.8, 4) is 34.5 Å². The van der Waals surface area contributed by atoms with Crippen molar-refractivity contribution in [3.05, 3.63) is 36.4 Å². The van der Waals surface area contributed by atoms with E-state index in [1.807, 2.05) is 0 Å². The van der Waals surface area contributed by atoms with E-state index in [0.717, 1.165) is 0 Å². The molecule has 0 aliphatic carbocycles. The molecule has 2 rings (SSSR count). The van der Waals surface area contributed by atoms with Gasteiger partial charge in [0.05, 0.1) is 0 Å². The van der Waals surface area contributed by atoms with Crippen LogP contribution in [0.3, 0.4) is 0 Å². The summed E-state index contributed by atoms with van der Waals surface area (Å²) in [5, 5.41) is 36.8. The predicted molar refractivity (Wildman–Crippen MR) is 59.6 cm³/mol. The van der Waals surface area contributed by atoms with Crippen molar-refractivity contribution in [3.63, 3.8) is 0 Å². The molecule has 17 heavy (non-hydrogen) atoms. The molecule has 2 aromatic rings. The van der Waals surface area contributed by atoms with Gasteiger partial charge in [0.25, 0.3) is 0 Å². The number of aromatic hydroxyl groups is 4. The Morgan fingerprint density at radius 1 is 0.706 bits per heavy atom. The normalized spacial score (nSPS) is 10.1. The van der Waals surface area contributed by atoms with E-state index in [0.29, 0.717) is 5.75 Å². The van der Waals surface area contributed by atoms with Crippen LogP contribution < -0.4 is 4.74 Å². The Morgan fingerprint density at radius 3 is 1.76 bits per heavy atom. The molecule has 0 aliphatic rings. The van der Waals surface area contributed by atoms with Gasteiger partial charge in [-0.2, -0.15) is 0 Å². The van der Waals surface area contributed by atoms with Crippen molar-refractivity contribution in [1.82, 2.24) is 0 Å². The van der Waals surface area contributed by atoms with E-state index < -0.39 is 17.2 Å². The summed E-state index contributed by atoms with van der Waals surface area (Å²) in [6, 6.07) is 8.27. The number of ether oxygens (including phenoxy) is 1. The zero-order valence-corrected chi connectivity index (χ0v) is 8.66. The molecule has 0 aliphatic heterocycles. The van der Waals surface area contributed by atoms with E-state index in [4.69, 9.17) is 14.9 Å². The molecule has 0 amide bonds. The van der Waals surface area contributed by atoms with Crippen molar-refractivity contribution in [1.29, 1.82) is 0 Å². The number of phenols is 4. The van der Waals surface area contributed by atoms with Crippen molar-refractivity contribution in [2.45, 2.75) is 0 Å². The van der Waals surface area contributed by atoms with Gasteiger partial charge in [-0.05, 0) is 24.3 Å². The van der Waals surface area contributed by atoms with Gasteiger partial charge >= 0.3 is 0 Å². The second-order valence-corrected chi connectivity index (χ2v) is 3.41. The first kappa shape index (κ1) is 10.9. The van der Waals surface area contributed by atoms with Crippen molar-refractivity contribution < 1.29 is 25.2 Å². The summed E-state index contributed by atoms with van der Waals surface area (Å²) < 4.78 is 5.31. The minimum atomic E-state index is -0.594. The fourth-order valence-corrected chi connectivity index (χ4v) is 1.29. The van der Waals surface area contributed by atoms with Gasteiger partial charge in [0.1, 0.15) is 17.2 Å². The molecule has 0 spiro atoms. The van der Waals surface area contributed by atoms with Crippen molar-refractivity contribution in [2.24, 2.45) is 0 Å². The monoisotopic (exact) mass is 234 g/mol. The van der Waals surface area contributed by atoms with Crippen LogP contribution in [0.1, 0.15) is 0 Å². The summed E-state index contributed by atoms with van der Waals surface area (Å²) in [5.74, 6) is -0.842. The van der Waals surface area contributed by atoms with Gasteiger partial charge in [0, 0.05) is 12.1 Å². The third-order valence-electron chi connectivity index (χ3n) is 2.12. The number of hydrogen-bond donors (Lipinski definition) is 4. The lowest BCUT2D eigenvalue weighted by Crippen LogP contribution is -1.84. The van der Waals surface area contributed by atoms with Crippen molar-refractivity contribution in [2.75, 3.05) is 0 Å². The Bertz CT molecular complexity index is 510. The van der Waals surface area contributed by atoms with E-state index >= 15 is 0 Å². The third-order valence-corrected chi connectivity index (χ3v) is 2.12. The molecule has 0 aromatic heterocycles. The molecule has 5 nitrogen and oxygen atoms in total. The fourth-order valence-electron chi connectivity index (χ4n) is 1.29.